The third-order valence-corrected chi connectivity index (χ3v) is 5.57. The number of nitrogens with one attached hydrogen (secondary N) is 1. The molecule has 3 aromatic carbocycles. The zero-order valence-corrected chi connectivity index (χ0v) is 20.9. The molecule has 1 heterocycles. The van der Waals surface area contributed by atoms with Crippen LogP contribution >= 0.6 is 11.6 Å². The van der Waals surface area contributed by atoms with E-state index in [2.05, 4.69) is 5.32 Å². The van der Waals surface area contributed by atoms with E-state index in [-0.39, 0.29) is 47.1 Å². The number of rotatable bonds is 7. The first kappa shape index (κ1) is 25.1. The monoisotopic (exact) mass is 473 g/mol. The van der Waals surface area contributed by atoms with E-state index in [1.165, 1.54) is 0 Å². The third kappa shape index (κ3) is 6.30. The standard InChI is InChI=1S/C25H22ClNO5.Na/c26-21-14-20-19(25(29)30)11-13-31-22(20)15-23(21)32-18-8-6-17(7-9-18)24(28)27-12-10-16-4-2-1-3-5-16;/h1-9,14-15,19H,10-13H2,(H,27,28)(H,29,30);/q;+1/p-1. The molecule has 1 aliphatic rings. The fraction of sp³-hybridized carbons (Fsp3) is 0.200. The number of hydrogen-bond donors (Lipinski definition) is 1. The van der Waals surface area contributed by atoms with Crippen molar-refractivity contribution in [2.24, 2.45) is 0 Å². The Morgan fingerprint density at radius 3 is 2.52 bits per heavy atom. The molecule has 0 radical (unpaired) electrons. The molecule has 0 aromatic heterocycles. The number of halogens is 1. The minimum absolute atomic E-state index is 0. The summed E-state index contributed by atoms with van der Waals surface area (Å²) in [6, 6.07) is 19.8. The van der Waals surface area contributed by atoms with Crippen molar-refractivity contribution in [3.63, 3.8) is 0 Å². The number of carboxylic acids is 1. The fourth-order valence-corrected chi connectivity index (χ4v) is 3.79. The second-order valence-corrected chi connectivity index (χ2v) is 7.85. The van der Waals surface area contributed by atoms with E-state index in [9.17, 15) is 14.7 Å². The summed E-state index contributed by atoms with van der Waals surface area (Å²) in [5, 5.41) is 14.5. The second kappa shape index (κ2) is 11.6. The maximum Gasteiger partial charge on any atom is 1.00 e. The Morgan fingerprint density at radius 2 is 1.82 bits per heavy atom. The summed E-state index contributed by atoms with van der Waals surface area (Å²) in [5.74, 6) is -0.841. The third-order valence-electron chi connectivity index (χ3n) is 5.27. The Labute approximate surface area is 219 Å². The molecule has 0 saturated heterocycles. The molecular formula is C25H21ClNNaO5. The number of ether oxygens (including phenoxy) is 2. The van der Waals surface area contributed by atoms with Gasteiger partial charge in [0.1, 0.15) is 17.2 Å². The van der Waals surface area contributed by atoms with Gasteiger partial charge in [0.25, 0.3) is 5.91 Å². The Hall–Kier alpha value is -2.51. The summed E-state index contributed by atoms with van der Waals surface area (Å²) in [6.45, 7) is 0.819. The van der Waals surface area contributed by atoms with Crippen molar-refractivity contribution in [3.05, 3.63) is 88.4 Å². The van der Waals surface area contributed by atoms with Gasteiger partial charge in [-0.05, 0) is 48.7 Å². The molecule has 0 spiro atoms. The SMILES string of the molecule is O=C(NCCc1ccccc1)c1ccc(Oc2cc3c(cc2Cl)C(C(=O)[O-])CCO3)cc1.[Na+]. The first-order valence-electron chi connectivity index (χ1n) is 10.3. The number of carboxylic acid groups (broad SMARTS) is 1. The molecule has 1 N–H and O–H groups in total. The molecule has 0 bridgehead atoms. The molecule has 1 aliphatic heterocycles. The van der Waals surface area contributed by atoms with Crippen molar-refractivity contribution < 1.29 is 53.7 Å². The molecule has 0 aliphatic carbocycles. The molecule has 1 amide bonds. The second-order valence-electron chi connectivity index (χ2n) is 7.45. The normalized spacial score (nSPS) is 14.3. The van der Waals surface area contributed by atoms with Crippen LogP contribution in [-0.2, 0) is 11.2 Å². The smallest absolute Gasteiger partial charge is 0.549 e. The van der Waals surface area contributed by atoms with Gasteiger partial charge in [0.2, 0.25) is 0 Å². The maximum absolute atomic E-state index is 12.4. The van der Waals surface area contributed by atoms with E-state index >= 15 is 0 Å². The number of carbonyl (C=O) groups is 2. The number of hydrogen-bond acceptors (Lipinski definition) is 5. The summed E-state index contributed by atoms with van der Waals surface area (Å²) >= 11 is 6.31. The average molecular weight is 474 g/mol. The van der Waals surface area contributed by atoms with Crippen molar-refractivity contribution in [1.82, 2.24) is 5.32 Å². The number of carbonyl (C=O) groups excluding carboxylic acids is 2. The van der Waals surface area contributed by atoms with Crippen LogP contribution < -0.4 is 49.5 Å². The predicted molar refractivity (Wildman–Crippen MR) is 118 cm³/mol. The number of fused-ring (bicyclic) bond motifs is 1. The average Bonchev–Trinajstić information content (AvgIpc) is 2.80. The van der Waals surface area contributed by atoms with E-state index < -0.39 is 11.9 Å². The van der Waals surface area contributed by atoms with Crippen LogP contribution in [0.25, 0.3) is 0 Å². The Balaban J connectivity index is 0.00000306. The van der Waals surface area contributed by atoms with Crippen LogP contribution in [0.2, 0.25) is 5.02 Å². The molecule has 4 rings (SSSR count). The van der Waals surface area contributed by atoms with Crippen molar-refractivity contribution in [3.8, 4) is 17.2 Å². The van der Waals surface area contributed by atoms with Gasteiger partial charge in [-0.3, -0.25) is 4.79 Å². The van der Waals surface area contributed by atoms with Crippen LogP contribution in [-0.4, -0.2) is 25.0 Å². The van der Waals surface area contributed by atoms with E-state index in [0.717, 1.165) is 12.0 Å². The summed E-state index contributed by atoms with van der Waals surface area (Å²) in [4.78, 5) is 23.7. The van der Waals surface area contributed by atoms with Gasteiger partial charge >= 0.3 is 29.6 Å². The first-order valence-corrected chi connectivity index (χ1v) is 10.7. The minimum Gasteiger partial charge on any atom is -0.549 e. The van der Waals surface area contributed by atoms with Gasteiger partial charge in [0.05, 0.1) is 11.6 Å². The zero-order valence-electron chi connectivity index (χ0n) is 18.2. The van der Waals surface area contributed by atoms with E-state index in [1.807, 2.05) is 30.3 Å². The van der Waals surface area contributed by atoms with E-state index in [0.29, 0.717) is 41.3 Å². The minimum atomic E-state index is -1.16. The van der Waals surface area contributed by atoms with Crippen molar-refractivity contribution in [2.45, 2.75) is 18.8 Å². The van der Waals surface area contributed by atoms with Gasteiger partial charge in [0, 0.05) is 35.6 Å². The number of aliphatic carboxylic acids is 1. The van der Waals surface area contributed by atoms with Gasteiger partial charge in [-0.25, -0.2) is 0 Å². The fourth-order valence-electron chi connectivity index (χ4n) is 3.58. The van der Waals surface area contributed by atoms with Crippen LogP contribution in [0.4, 0.5) is 0 Å². The molecule has 8 heteroatoms. The molecule has 33 heavy (non-hydrogen) atoms. The maximum atomic E-state index is 12.4. The molecule has 1 atom stereocenters. The summed E-state index contributed by atoms with van der Waals surface area (Å²) in [6.07, 6.45) is 1.09. The molecule has 0 fully saturated rings. The van der Waals surface area contributed by atoms with Gasteiger partial charge in [0.15, 0.2) is 0 Å². The molecule has 0 saturated carbocycles. The van der Waals surface area contributed by atoms with E-state index in [1.54, 1.807) is 36.4 Å². The topological polar surface area (TPSA) is 87.7 Å². The Bertz CT molecular complexity index is 1120. The predicted octanol–water partition coefficient (Wildman–Crippen LogP) is 0.725. The van der Waals surface area contributed by atoms with Gasteiger partial charge < -0.3 is 24.7 Å². The van der Waals surface area contributed by atoms with Crippen molar-refractivity contribution in [2.75, 3.05) is 13.2 Å². The molecule has 1 unspecified atom stereocenters. The Morgan fingerprint density at radius 1 is 1.09 bits per heavy atom. The summed E-state index contributed by atoms with van der Waals surface area (Å²) in [5.41, 5.74) is 2.16. The Kier molecular flexibility index (Phi) is 8.80. The summed E-state index contributed by atoms with van der Waals surface area (Å²) < 4.78 is 11.4. The van der Waals surface area contributed by atoms with Gasteiger partial charge in [-0.1, -0.05) is 41.9 Å². The van der Waals surface area contributed by atoms with E-state index in [4.69, 9.17) is 21.1 Å². The van der Waals surface area contributed by atoms with Crippen LogP contribution in [0.15, 0.2) is 66.7 Å². The molecule has 164 valence electrons. The quantitative estimate of drug-likeness (QED) is 0.511. The zero-order chi connectivity index (χ0) is 22.5. The number of benzene rings is 3. The van der Waals surface area contributed by atoms with Crippen molar-refractivity contribution in [1.29, 1.82) is 0 Å². The van der Waals surface area contributed by atoms with Gasteiger partial charge in [-0.15, -0.1) is 0 Å². The van der Waals surface area contributed by atoms with Gasteiger partial charge in [-0.2, -0.15) is 0 Å². The molecular weight excluding hydrogens is 453 g/mol. The van der Waals surface area contributed by atoms with Crippen LogP contribution in [0.1, 0.15) is 33.8 Å². The van der Waals surface area contributed by atoms with Crippen LogP contribution in [0.5, 0.6) is 17.2 Å². The van der Waals surface area contributed by atoms with Crippen LogP contribution in [0, 0.1) is 0 Å². The molecule has 3 aromatic rings. The first-order chi connectivity index (χ1) is 15.5. The van der Waals surface area contributed by atoms with Crippen LogP contribution in [0.3, 0.4) is 0 Å². The largest absolute Gasteiger partial charge is 1.00 e. The summed E-state index contributed by atoms with van der Waals surface area (Å²) in [7, 11) is 0. The van der Waals surface area contributed by atoms with Crippen molar-refractivity contribution >= 4 is 23.5 Å². The number of amides is 1. The molecule has 6 nitrogen and oxygen atoms in total.